The van der Waals surface area contributed by atoms with Crippen LogP contribution in [0, 0.1) is 0 Å². The predicted molar refractivity (Wildman–Crippen MR) is 82.9 cm³/mol. The lowest BCUT2D eigenvalue weighted by Crippen LogP contribution is -2.46. The van der Waals surface area contributed by atoms with Crippen LogP contribution in [-0.4, -0.2) is 23.2 Å². The molecule has 1 unspecified atom stereocenters. The highest BCUT2D eigenvalue weighted by atomic mass is 16.3. The molecule has 0 saturated carbocycles. The lowest BCUT2D eigenvalue weighted by molar-refractivity contribution is 0.0886. The van der Waals surface area contributed by atoms with E-state index in [1.54, 1.807) is 0 Å². The number of rotatable bonds is 8. The Balaban J connectivity index is 2.67. The molecule has 1 aromatic carbocycles. The Morgan fingerprint density at radius 3 is 2.40 bits per heavy atom. The standard InChI is InChI=1S/C17H27NO2/c1-4-6-7-14-8-10-15(11-9-14)16(20)18-17(3,5-2)12-13-19/h8-11,19H,4-7,12-13H2,1-3H3,(H,18,20). The number of aliphatic hydroxyl groups excluding tert-OH is 1. The minimum Gasteiger partial charge on any atom is -0.396 e. The highest BCUT2D eigenvalue weighted by molar-refractivity contribution is 5.94. The van der Waals surface area contributed by atoms with Crippen LogP contribution in [0.15, 0.2) is 24.3 Å². The zero-order chi connectivity index (χ0) is 15.0. The van der Waals surface area contributed by atoms with Crippen molar-refractivity contribution in [2.45, 2.75) is 58.4 Å². The van der Waals surface area contributed by atoms with E-state index in [1.807, 2.05) is 38.1 Å². The lowest BCUT2D eigenvalue weighted by Gasteiger charge is -2.29. The van der Waals surface area contributed by atoms with Crippen LogP contribution in [-0.2, 0) is 6.42 Å². The number of amides is 1. The van der Waals surface area contributed by atoms with Gasteiger partial charge in [0.2, 0.25) is 0 Å². The summed E-state index contributed by atoms with van der Waals surface area (Å²) in [4.78, 5) is 12.2. The van der Waals surface area contributed by atoms with Gasteiger partial charge in [-0.05, 0) is 50.3 Å². The smallest absolute Gasteiger partial charge is 0.251 e. The van der Waals surface area contributed by atoms with Crippen molar-refractivity contribution in [3.05, 3.63) is 35.4 Å². The first-order chi connectivity index (χ1) is 9.54. The van der Waals surface area contributed by atoms with Crippen LogP contribution < -0.4 is 5.32 Å². The highest BCUT2D eigenvalue weighted by Crippen LogP contribution is 2.15. The molecule has 0 aliphatic rings. The molecule has 1 atom stereocenters. The van der Waals surface area contributed by atoms with E-state index in [-0.39, 0.29) is 18.1 Å². The van der Waals surface area contributed by atoms with Crippen LogP contribution in [0.3, 0.4) is 0 Å². The summed E-state index contributed by atoms with van der Waals surface area (Å²) >= 11 is 0. The van der Waals surface area contributed by atoms with E-state index in [0.29, 0.717) is 12.0 Å². The number of carbonyl (C=O) groups is 1. The van der Waals surface area contributed by atoms with Crippen molar-refractivity contribution in [3.8, 4) is 0 Å². The average Bonchev–Trinajstić information content (AvgIpc) is 2.45. The molecule has 1 amide bonds. The van der Waals surface area contributed by atoms with Crippen molar-refractivity contribution in [1.29, 1.82) is 0 Å². The molecule has 0 fully saturated rings. The van der Waals surface area contributed by atoms with Gasteiger partial charge in [-0.25, -0.2) is 0 Å². The Hall–Kier alpha value is -1.35. The molecule has 3 nitrogen and oxygen atoms in total. The van der Waals surface area contributed by atoms with Crippen LogP contribution >= 0.6 is 0 Å². The zero-order valence-electron chi connectivity index (χ0n) is 12.9. The predicted octanol–water partition coefficient (Wildman–Crippen LogP) is 3.31. The van der Waals surface area contributed by atoms with E-state index in [2.05, 4.69) is 12.2 Å². The molecule has 0 heterocycles. The van der Waals surface area contributed by atoms with Gasteiger partial charge in [0, 0.05) is 17.7 Å². The van der Waals surface area contributed by atoms with E-state index in [0.717, 1.165) is 12.8 Å². The maximum Gasteiger partial charge on any atom is 0.251 e. The van der Waals surface area contributed by atoms with E-state index in [4.69, 9.17) is 5.11 Å². The molecule has 3 heteroatoms. The molecule has 1 rings (SSSR count). The summed E-state index contributed by atoms with van der Waals surface area (Å²) in [5.74, 6) is -0.0650. The minimum atomic E-state index is -0.341. The van der Waals surface area contributed by atoms with E-state index >= 15 is 0 Å². The van der Waals surface area contributed by atoms with Crippen molar-refractivity contribution in [2.75, 3.05) is 6.61 Å². The average molecular weight is 277 g/mol. The molecule has 0 aromatic heterocycles. The first kappa shape index (κ1) is 16.7. The zero-order valence-corrected chi connectivity index (χ0v) is 12.9. The first-order valence-corrected chi connectivity index (χ1v) is 7.57. The summed E-state index contributed by atoms with van der Waals surface area (Å²) < 4.78 is 0. The van der Waals surface area contributed by atoms with Crippen molar-refractivity contribution in [3.63, 3.8) is 0 Å². The summed E-state index contributed by atoms with van der Waals surface area (Å²) in [5.41, 5.74) is 1.62. The number of unbranched alkanes of at least 4 members (excludes halogenated alkanes) is 1. The minimum absolute atomic E-state index is 0.0650. The second-order valence-corrected chi connectivity index (χ2v) is 5.64. The van der Waals surface area contributed by atoms with Gasteiger partial charge in [-0.2, -0.15) is 0 Å². The molecule has 2 N–H and O–H groups in total. The monoisotopic (exact) mass is 277 g/mol. The molecule has 0 bridgehead atoms. The molecule has 0 radical (unpaired) electrons. The molecule has 0 aliphatic heterocycles. The Labute approximate surface area is 122 Å². The van der Waals surface area contributed by atoms with Gasteiger partial charge >= 0.3 is 0 Å². The molecule has 112 valence electrons. The molecule has 20 heavy (non-hydrogen) atoms. The Morgan fingerprint density at radius 2 is 1.90 bits per heavy atom. The third-order valence-electron chi connectivity index (χ3n) is 3.89. The normalized spacial score (nSPS) is 13.8. The number of hydrogen-bond acceptors (Lipinski definition) is 2. The number of hydrogen-bond donors (Lipinski definition) is 2. The fourth-order valence-electron chi connectivity index (χ4n) is 2.12. The maximum absolute atomic E-state index is 12.2. The van der Waals surface area contributed by atoms with Crippen molar-refractivity contribution < 1.29 is 9.90 Å². The molecule has 0 aliphatic carbocycles. The van der Waals surface area contributed by atoms with E-state index in [9.17, 15) is 4.79 Å². The number of nitrogens with one attached hydrogen (secondary N) is 1. The van der Waals surface area contributed by atoms with Crippen molar-refractivity contribution in [2.24, 2.45) is 0 Å². The summed E-state index contributed by atoms with van der Waals surface area (Å²) in [6, 6.07) is 7.82. The number of aryl methyl sites for hydroxylation is 1. The summed E-state index contributed by atoms with van der Waals surface area (Å²) in [6.45, 7) is 6.25. The quantitative estimate of drug-likeness (QED) is 0.766. The second-order valence-electron chi connectivity index (χ2n) is 5.64. The highest BCUT2D eigenvalue weighted by Gasteiger charge is 2.24. The molecule has 0 saturated heterocycles. The summed E-state index contributed by atoms with van der Waals surface area (Å²) in [7, 11) is 0. The van der Waals surface area contributed by atoms with Crippen LogP contribution in [0.1, 0.15) is 62.4 Å². The Kier molecular flexibility index (Phi) is 6.73. The van der Waals surface area contributed by atoms with Gasteiger partial charge < -0.3 is 10.4 Å². The number of benzene rings is 1. The molecule has 0 spiro atoms. The van der Waals surface area contributed by atoms with E-state index < -0.39 is 0 Å². The van der Waals surface area contributed by atoms with Crippen LogP contribution in [0.2, 0.25) is 0 Å². The van der Waals surface area contributed by atoms with Crippen molar-refractivity contribution >= 4 is 5.91 Å². The van der Waals surface area contributed by atoms with Crippen LogP contribution in [0.25, 0.3) is 0 Å². The first-order valence-electron chi connectivity index (χ1n) is 7.57. The number of aliphatic hydroxyl groups is 1. The third-order valence-corrected chi connectivity index (χ3v) is 3.89. The van der Waals surface area contributed by atoms with Crippen molar-refractivity contribution in [1.82, 2.24) is 5.32 Å². The SMILES string of the molecule is CCCCc1ccc(C(=O)NC(C)(CC)CCO)cc1. The van der Waals surface area contributed by atoms with Gasteiger partial charge in [0.15, 0.2) is 0 Å². The van der Waals surface area contributed by atoms with E-state index in [1.165, 1.54) is 18.4 Å². The van der Waals surface area contributed by atoms with Crippen LogP contribution in [0.4, 0.5) is 0 Å². The van der Waals surface area contributed by atoms with Gasteiger partial charge in [-0.3, -0.25) is 4.79 Å². The van der Waals surface area contributed by atoms with Gasteiger partial charge in [0.25, 0.3) is 5.91 Å². The largest absolute Gasteiger partial charge is 0.396 e. The maximum atomic E-state index is 12.2. The topological polar surface area (TPSA) is 49.3 Å². The fraction of sp³-hybridized carbons (Fsp3) is 0.588. The molecular weight excluding hydrogens is 250 g/mol. The second kappa shape index (κ2) is 8.05. The van der Waals surface area contributed by atoms with Gasteiger partial charge in [0.1, 0.15) is 0 Å². The van der Waals surface area contributed by atoms with Crippen LogP contribution in [0.5, 0.6) is 0 Å². The third kappa shape index (κ3) is 4.97. The Bertz CT molecular complexity index is 414. The lowest BCUT2D eigenvalue weighted by atomic mass is 9.94. The Morgan fingerprint density at radius 1 is 1.25 bits per heavy atom. The summed E-state index contributed by atoms with van der Waals surface area (Å²) in [6.07, 6.45) is 4.79. The van der Waals surface area contributed by atoms with Gasteiger partial charge in [-0.15, -0.1) is 0 Å². The number of carbonyl (C=O) groups excluding carboxylic acids is 1. The van der Waals surface area contributed by atoms with Gasteiger partial charge in [0.05, 0.1) is 0 Å². The van der Waals surface area contributed by atoms with Gasteiger partial charge in [-0.1, -0.05) is 32.4 Å². The molecule has 1 aromatic rings. The molecular formula is C17H27NO2. The fourth-order valence-corrected chi connectivity index (χ4v) is 2.12. The summed E-state index contributed by atoms with van der Waals surface area (Å²) in [5, 5.41) is 12.1.